The van der Waals surface area contributed by atoms with Crippen molar-refractivity contribution in [2.75, 3.05) is 0 Å². The summed E-state index contributed by atoms with van der Waals surface area (Å²) in [5.41, 5.74) is 0.869. The van der Waals surface area contributed by atoms with Gasteiger partial charge in [-0.1, -0.05) is 25.7 Å². The molecule has 2 rings (SSSR count). The number of carbonyl (C=O) groups excluding carboxylic acids is 1. The molecule has 0 bridgehead atoms. The highest BCUT2D eigenvalue weighted by atomic mass is 32.1. The number of nitrogens with one attached hydrogen (secondary N) is 1. The van der Waals surface area contributed by atoms with Crippen molar-refractivity contribution in [1.29, 1.82) is 0 Å². The highest BCUT2D eigenvalue weighted by Gasteiger charge is 2.13. The van der Waals surface area contributed by atoms with Gasteiger partial charge >= 0.3 is 0 Å². The van der Waals surface area contributed by atoms with Crippen LogP contribution in [0.5, 0.6) is 0 Å². The molecule has 1 aromatic rings. The fourth-order valence-corrected chi connectivity index (χ4v) is 2.87. The first-order valence-electron chi connectivity index (χ1n) is 6.65. The zero-order valence-corrected chi connectivity index (χ0v) is 11.6. The van der Waals surface area contributed by atoms with E-state index < -0.39 is 0 Å². The highest BCUT2D eigenvalue weighted by molar-refractivity contribution is 7.09. The molecule has 0 unspecified atom stereocenters. The Balaban J connectivity index is 1.82. The molecule has 1 aliphatic rings. The summed E-state index contributed by atoms with van der Waals surface area (Å²) in [6, 6.07) is 0.363. The van der Waals surface area contributed by atoms with E-state index in [1.807, 2.05) is 12.3 Å². The zero-order chi connectivity index (χ0) is 12.8. The minimum absolute atomic E-state index is 0.00699. The largest absolute Gasteiger partial charge is 0.350 e. The number of aromatic nitrogens is 1. The van der Waals surface area contributed by atoms with E-state index in [2.05, 4.69) is 10.3 Å². The summed E-state index contributed by atoms with van der Waals surface area (Å²) < 4.78 is 0. The van der Waals surface area contributed by atoms with Crippen molar-refractivity contribution in [2.24, 2.45) is 0 Å². The van der Waals surface area contributed by atoms with Gasteiger partial charge in [0.2, 0.25) is 5.91 Å². The Morgan fingerprint density at radius 3 is 2.72 bits per heavy atom. The van der Waals surface area contributed by atoms with E-state index in [0.29, 0.717) is 6.04 Å². The molecule has 4 heteroatoms. The molecule has 0 aliphatic heterocycles. The van der Waals surface area contributed by atoms with Crippen LogP contribution in [-0.4, -0.2) is 16.9 Å². The van der Waals surface area contributed by atoms with E-state index in [9.17, 15) is 4.79 Å². The average Bonchev–Trinajstić information content (AvgIpc) is 2.60. The molecule has 1 fully saturated rings. The molecular weight excluding hydrogens is 244 g/mol. The molecule has 1 amide bonds. The van der Waals surface area contributed by atoms with E-state index in [1.165, 1.54) is 25.7 Å². The predicted octanol–water partition coefficient (Wildman–Crippen LogP) is 3.30. The summed E-state index contributed by atoms with van der Waals surface area (Å²) in [6.07, 6.45) is 10.7. The number of aryl methyl sites for hydroxylation is 1. The van der Waals surface area contributed by atoms with Crippen molar-refractivity contribution in [3.05, 3.63) is 22.2 Å². The fraction of sp³-hybridized carbons (Fsp3) is 0.571. The lowest BCUT2D eigenvalue weighted by Crippen LogP contribution is -2.33. The quantitative estimate of drug-likeness (QED) is 0.672. The summed E-state index contributed by atoms with van der Waals surface area (Å²) in [4.78, 5) is 16.1. The van der Waals surface area contributed by atoms with Gasteiger partial charge in [-0.3, -0.25) is 4.79 Å². The number of hydrogen-bond donors (Lipinski definition) is 1. The van der Waals surface area contributed by atoms with E-state index >= 15 is 0 Å². The molecule has 18 heavy (non-hydrogen) atoms. The lowest BCUT2D eigenvalue weighted by Gasteiger charge is -2.14. The summed E-state index contributed by atoms with van der Waals surface area (Å²) in [5.74, 6) is 0.00699. The minimum Gasteiger partial charge on any atom is -0.350 e. The first-order chi connectivity index (χ1) is 8.74. The number of rotatable bonds is 3. The molecule has 3 nitrogen and oxygen atoms in total. The van der Waals surface area contributed by atoms with Crippen LogP contribution in [0, 0.1) is 6.92 Å². The Morgan fingerprint density at radius 1 is 1.39 bits per heavy atom. The standard InChI is InChI=1S/C14H20N2OS/c1-11-15-13(10-18-11)8-9-14(17)16-12-6-4-2-3-5-7-12/h8-10,12H,2-7H2,1H3,(H,16,17)/b9-8+. The fourth-order valence-electron chi connectivity index (χ4n) is 2.29. The first-order valence-corrected chi connectivity index (χ1v) is 7.53. The molecule has 0 spiro atoms. The second-order valence-electron chi connectivity index (χ2n) is 4.82. The summed E-state index contributed by atoms with van der Waals surface area (Å²) >= 11 is 1.60. The third kappa shape index (κ3) is 4.26. The first kappa shape index (κ1) is 13.3. The molecule has 0 atom stereocenters. The maximum absolute atomic E-state index is 11.8. The topological polar surface area (TPSA) is 42.0 Å². The van der Waals surface area contributed by atoms with Crippen LogP contribution in [-0.2, 0) is 4.79 Å². The van der Waals surface area contributed by atoms with E-state index in [4.69, 9.17) is 0 Å². The van der Waals surface area contributed by atoms with Gasteiger partial charge in [0.25, 0.3) is 0 Å². The van der Waals surface area contributed by atoms with Crippen molar-refractivity contribution >= 4 is 23.3 Å². The van der Waals surface area contributed by atoms with Crippen LogP contribution >= 0.6 is 11.3 Å². The number of thiazole rings is 1. The molecule has 1 saturated carbocycles. The number of amides is 1. The molecule has 0 radical (unpaired) electrons. The number of nitrogens with zero attached hydrogens (tertiary/aromatic N) is 1. The average molecular weight is 264 g/mol. The third-order valence-corrected chi connectivity index (χ3v) is 4.04. The van der Waals surface area contributed by atoms with Gasteiger partial charge in [-0.25, -0.2) is 4.98 Å². The molecule has 1 N–H and O–H groups in total. The summed E-state index contributed by atoms with van der Waals surface area (Å²) in [7, 11) is 0. The van der Waals surface area contributed by atoms with Crippen LogP contribution in [0.4, 0.5) is 0 Å². The van der Waals surface area contributed by atoms with Gasteiger partial charge < -0.3 is 5.32 Å². The Hall–Kier alpha value is -1.16. The SMILES string of the molecule is Cc1nc(/C=C/C(=O)NC2CCCCCC2)cs1. The highest BCUT2D eigenvalue weighted by Crippen LogP contribution is 2.17. The predicted molar refractivity (Wildman–Crippen MR) is 75.5 cm³/mol. The van der Waals surface area contributed by atoms with Gasteiger partial charge in [0, 0.05) is 17.5 Å². The Labute approximate surface area is 112 Å². The molecule has 1 aliphatic carbocycles. The van der Waals surface area contributed by atoms with Crippen LogP contribution in [0.3, 0.4) is 0 Å². The summed E-state index contributed by atoms with van der Waals surface area (Å²) in [6.45, 7) is 1.97. The van der Waals surface area contributed by atoms with Crippen molar-refractivity contribution in [2.45, 2.75) is 51.5 Å². The third-order valence-electron chi connectivity index (χ3n) is 3.24. The van der Waals surface area contributed by atoms with Crippen molar-refractivity contribution in [3.8, 4) is 0 Å². The van der Waals surface area contributed by atoms with E-state index in [-0.39, 0.29) is 5.91 Å². The van der Waals surface area contributed by atoms with E-state index in [1.54, 1.807) is 23.5 Å². The second-order valence-corrected chi connectivity index (χ2v) is 5.88. The van der Waals surface area contributed by atoms with Crippen molar-refractivity contribution in [1.82, 2.24) is 10.3 Å². The van der Waals surface area contributed by atoms with E-state index in [0.717, 1.165) is 23.5 Å². The van der Waals surface area contributed by atoms with Crippen LogP contribution < -0.4 is 5.32 Å². The smallest absolute Gasteiger partial charge is 0.244 e. The Kier molecular flexibility index (Phi) is 4.93. The molecule has 0 aromatic carbocycles. The molecule has 98 valence electrons. The maximum atomic E-state index is 11.8. The molecule has 1 heterocycles. The normalized spacial score (nSPS) is 17.8. The maximum Gasteiger partial charge on any atom is 0.244 e. The van der Waals surface area contributed by atoms with Crippen LogP contribution in [0.15, 0.2) is 11.5 Å². The summed E-state index contributed by atoms with van der Waals surface area (Å²) in [5, 5.41) is 6.08. The second kappa shape index (κ2) is 6.69. The minimum atomic E-state index is 0.00699. The lowest BCUT2D eigenvalue weighted by atomic mass is 10.1. The monoisotopic (exact) mass is 264 g/mol. The van der Waals surface area contributed by atoms with Gasteiger partial charge in [-0.15, -0.1) is 11.3 Å². The van der Waals surface area contributed by atoms with Crippen LogP contribution in [0.2, 0.25) is 0 Å². The van der Waals surface area contributed by atoms with Gasteiger partial charge in [0.1, 0.15) is 0 Å². The van der Waals surface area contributed by atoms with Gasteiger partial charge in [-0.05, 0) is 25.8 Å². The Bertz CT molecular complexity index is 417. The van der Waals surface area contributed by atoms with Gasteiger partial charge in [-0.2, -0.15) is 0 Å². The van der Waals surface area contributed by atoms with Crippen molar-refractivity contribution < 1.29 is 4.79 Å². The number of carbonyl (C=O) groups is 1. The molecular formula is C14H20N2OS. The molecule has 0 saturated heterocycles. The lowest BCUT2D eigenvalue weighted by molar-refractivity contribution is -0.117. The van der Waals surface area contributed by atoms with Crippen LogP contribution in [0.25, 0.3) is 6.08 Å². The van der Waals surface area contributed by atoms with Gasteiger partial charge in [0.05, 0.1) is 10.7 Å². The van der Waals surface area contributed by atoms with Crippen LogP contribution in [0.1, 0.15) is 49.2 Å². The molecule has 1 aromatic heterocycles. The zero-order valence-electron chi connectivity index (χ0n) is 10.8. The Morgan fingerprint density at radius 2 is 2.11 bits per heavy atom. The van der Waals surface area contributed by atoms with Crippen molar-refractivity contribution in [3.63, 3.8) is 0 Å². The van der Waals surface area contributed by atoms with Gasteiger partial charge in [0.15, 0.2) is 0 Å². The number of hydrogen-bond acceptors (Lipinski definition) is 3.